The van der Waals surface area contributed by atoms with Gasteiger partial charge in [-0.05, 0) is 68.6 Å². The standard InChI is InChI=1S/C27H36F3N3O3/c28-27(29,30)36-22-10-6-18(7-11-22)26(12-13-26)25(35)32-23(14-17-4-2-1-3-5-17)24(34)33-20-8-9-21(33)16-19(31)15-20/h6-7,10-11,17,19-21,23H,1-5,8-9,12-16,31H2,(H,32,35). The van der Waals surface area contributed by atoms with E-state index in [1.54, 1.807) is 0 Å². The van der Waals surface area contributed by atoms with Gasteiger partial charge in [0.15, 0.2) is 0 Å². The first-order valence-electron chi connectivity index (χ1n) is 13.4. The minimum atomic E-state index is -4.76. The van der Waals surface area contributed by atoms with Crippen LogP contribution >= 0.6 is 0 Å². The molecule has 1 aromatic carbocycles. The SMILES string of the molecule is NC1CC2CCC(C1)N2C(=O)C(CC1CCCCC1)NC(=O)C1(c2ccc(OC(F)(F)F)cc2)CC1. The van der Waals surface area contributed by atoms with E-state index in [2.05, 4.69) is 10.1 Å². The molecule has 1 aromatic rings. The Labute approximate surface area is 210 Å². The number of benzene rings is 1. The fraction of sp³-hybridized carbons (Fsp3) is 0.704. The number of fused-ring (bicyclic) bond motifs is 2. The van der Waals surface area contributed by atoms with Crippen LogP contribution in [0.5, 0.6) is 5.75 Å². The lowest BCUT2D eigenvalue weighted by atomic mass is 9.84. The van der Waals surface area contributed by atoms with Crippen molar-refractivity contribution in [1.29, 1.82) is 0 Å². The van der Waals surface area contributed by atoms with E-state index in [1.165, 1.54) is 30.7 Å². The number of alkyl halides is 3. The zero-order valence-corrected chi connectivity index (χ0v) is 20.6. The normalized spacial score (nSPS) is 28.4. The van der Waals surface area contributed by atoms with Gasteiger partial charge in [-0.2, -0.15) is 0 Å². The summed E-state index contributed by atoms with van der Waals surface area (Å²) in [4.78, 5) is 29.5. The van der Waals surface area contributed by atoms with Crippen LogP contribution in [0.4, 0.5) is 13.2 Å². The number of ether oxygens (including phenoxy) is 1. The second kappa shape index (κ2) is 9.88. The predicted octanol–water partition coefficient (Wildman–Crippen LogP) is 4.55. The quantitative estimate of drug-likeness (QED) is 0.567. The van der Waals surface area contributed by atoms with Crippen LogP contribution in [0.25, 0.3) is 0 Å². The van der Waals surface area contributed by atoms with Crippen LogP contribution in [0.2, 0.25) is 0 Å². The van der Waals surface area contributed by atoms with Gasteiger partial charge < -0.3 is 20.7 Å². The Morgan fingerprint density at radius 3 is 2.19 bits per heavy atom. The topological polar surface area (TPSA) is 84.7 Å². The van der Waals surface area contributed by atoms with Crippen molar-refractivity contribution in [1.82, 2.24) is 10.2 Å². The smallest absolute Gasteiger partial charge is 0.406 e. The van der Waals surface area contributed by atoms with E-state index in [4.69, 9.17) is 5.73 Å². The molecule has 0 radical (unpaired) electrons. The Balaban J connectivity index is 1.32. The Bertz CT molecular complexity index is 943. The summed E-state index contributed by atoms with van der Waals surface area (Å²) in [5, 5.41) is 3.12. The maximum absolute atomic E-state index is 13.9. The molecule has 0 aromatic heterocycles. The molecule has 2 bridgehead atoms. The van der Waals surface area contributed by atoms with Gasteiger partial charge >= 0.3 is 6.36 Å². The summed E-state index contributed by atoms with van der Waals surface area (Å²) in [6.45, 7) is 0. The fourth-order valence-electron chi connectivity index (χ4n) is 6.78. The molecule has 6 nitrogen and oxygen atoms in total. The minimum Gasteiger partial charge on any atom is -0.406 e. The van der Waals surface area contributed by atoms with E-state index < -0.39 is 17.8 Å². The zero-order valence-electron chi connectivity index (χ0n) is 20.6. The Morgan fingerprint density at radius 2 is 1.64 bits per heavy atom. The Hall–Kier alpha value is -2.29. The van der Waals surface area contributed by atoms with Gasteiger partial charge in [0.25, 0.3) is 0 Å². The van der Waals surface area contributed by atoms with E-state index in [-0.39, 0.29) is 35.7 Å². The number of amides is 2. The lowest BCUT2D eigenvalue weighted by molar-refractivity contribution is -0.274. The molecular weight excluding hydrogens is 471 g/mol. The number of nitrogens with one attached hydrogen (secondary N) is 1. The van der Waals surface area contributed by atoms with E-state index in [0.717, 1.165) is 51.4 Å². The van der Waals surface area contributed by atoms with E-state index in [0.29, 0.717) is 30.7 Å². The summed E-state index contributed by atoms with van der Waals surface area (Å²) in [5.41, 5.74) is 6.07. The molecule has 2 aliphatic carbocycles. The van der Waals surface area contributed by atoms with Crippen molar-refractivity contribution in [3.63, 3.8) is 0 Å². The van der Waals surface area contributed by atoms with Gasteiger partial charge in [-0.15, -0.1) is 13.2 Å². The van der Waals surface area contributed by atoms with Crippen molar-refractivity contribution in [2.24, 2.45) is 11.7 Å². The summed E-state index contributed by atoms with van der Waals surface area (Å²) in [6.07, 6.45) is 6.29. The second-order valence-corrected chi connectivity index (χ2v) is 11.3. The number of rotatable bonds is 7. The highest BCUT2D eigenvalue weighted by Gasteiger charge is 2.53. The number of hydrogen-bond acceptors (Lipinski definition) is 4. The predicted molar refractivity (Wildman–Crippen MR) is 128 cm³/mol. The number of piperidine rings is 1. The molecule has 36 heavy (non-hydrogen) atoms. The summed E-state index contributed by atoms with van der Waals surface area (Å²) >= 11 is 0. The van der Waals surface area contributed by atoms with E-state index in [9.17, 15) is 22.8 Å². The van der Waals surface area contributed by atoms with Crippen LogP contribution in [-0.4, -0.2) is 47.2 Å². The molecule has 3 N–H and O–H groups in total. The highest BCUT2D eigenvalue weighted by molar-refractivity contribution is 5.95. The molecule has 2 heterocycles. The average Bonchev–Trinajstić information content (AvgIpc) is 3.59. The molecule has 3 unspecified atom stereocenters. The highest BCUT2D eigenvalue weighted by atomic mass is 19.4. The van der Waals surface area contributed by atoms with Gasteiger partial charge in [0, 0.05) is 18.1 Å². The first-order valence-corrected chi connectivity index (χ1v) is 13.4. The van der Waals surface area contributed by atoms with Crippen LogP contribution in [0.15, 0.2) is 24.3 Å². The number of nitrogens with two attached hydrogens (primary N) is 1. The van der Waals surface area contributed by atoms with Crippen molar-refractivity contribution >= 4 is 11.8 Å². The van der Waals surface area contributed by atoms with Crippen molar-refractivity contribution < 1.29 is 27.5 Å². The second-order valence-electron chi connectivity index (χ2n) is 11.3. The summed E-state index contributed by atoms with van der Waals surface area (Å²) in [5.74, 6) is -0.0986. The third-order valence-corrected chi connectivity index (χ3v) is 8.75. The summed E-state index contributed by atoms with van der Waals surface area (Å²) < 4.78 is 41.6. The lowest BCUT2D eigenvalue weighted by Crippen LogP contribution is -2.57. The third-order valence-electron chi connectivity index (χ3n) is 8.75. The largest absolute Gasteiger partial charge is 0.573 e. The van der Waals surface area contributed by atoms with Gasteiger partial charge in [0.05, 0.1) is 5.41 Å². The molecule has 2 aliphatic heterocycles. The molecular formula is C27H36F3N3O3. The molecule has 198 valence electrons. The van der Waals surface area contributed by atoms with Crippen LogP contribution in [0, 0.1) is 5.92 Å². The molecule has 4 aliphatic rings. The van der Waals surface area contributed by atoms with Crippen LogP contribution < -0.4 is 15.8 Å². The number of carbonyl (C=O) groups excluding carboxylic acids is 2. The summed E-state index contributed by atoms with van der Waals surface area (Å²) in [7, 11) is 0. The van der Waals surface area contributed by atoms with Crippen molar-refractivity contribution in [2.75, 3.05) is 0 Å². The molecule has 0 spiro atoms. The van der Waals surface area contributed by atoms with E-state index >= 15 is 0 Å². The first kappa shape index (κ1) is 25.4. The molecule has 2 amide bonds. The number of halogens is 3. The maximum Gasteiger partial charge on any atom is 0.573 e. The molecule has 2 saturated heterocycles. The zero-order chi connectivity index (χ0) is 25.5. The Morgan fingerprint density at radius 1 is 1.03 bits per heavy atom. The monoisotopic (exact) mass is 507 g/mol. The molecule has 4 fully saturated rings. The maximum atomic E-state index is 13.9. The van der Waals surface area contributed by atoms with Crippen molar-refractivity contribution in [2.45, 2.75) is 113 Å². The highest BCUT2D eigenvalue weighted by Crippen LogP contribution is 2.49. The molecule has 9 heteroatoms. The van der Waals surface area contributed by atoms with E-state index in [1.807, 2.05) is 4.90 Å². The lowest BCUT2D eigenvalue weighted by Gasteiger charge is -2.40. The van der Waals surface area contributed by atoms with Crippen LogP contribution in [0.1, 0.15) is 82.6 Å². The molecule has 3 atom stereocenters. The summed E-state index contributed by atoms with van der Waals surface area (Å²) in [6, 6.07) is 5.38. The third kappa shape index (κ3) is 5.36. The van der Waals surface area contributed by atoms with Gasteiger partial charge in [-0.1, -0.05) is 44.2 Å². The number of carbonyl (C=O) groups is 2. The van der Waals surface area contributed by atoms with Crippen LogP contribution in [-0.2, 0) is 15.0 Å². The van der Waals surface area contributed by atoms with Crippen molar-refractivity contribution in [3.05, 3.63) is 29.8 Å². The average molecular weight is 508 g/mol. The van der Waals surface area contributed by atoms with Crippen molar-refractivity contribution in [3.8, 4) is 5.75 Å². The van der Waals surface area contributed by atoms with Gasteiger partial charge in [0.1, 0.15) is 11.8 Å². The fourth-order valence-corrected chi connectivity index (χ4v) is 6.78. The number of nitrogens with zero attached hydrogens (tertiary/aromatic N) is 1. The Kier molecular flexibility index (Phi) is 6.96. The first-order chi connectivity index (χ1) is 17.1. The minimum absolute atomic E-state index is 0.0121. The van der Waals surface area contributed by atoms with Crippen LogP contribution in [0.3, 0.4) is 0 Å². The molecule has 2 saturated carbocycles. The van der Waals surface area contributed by atoms with Gasteiger partial charge in [-0.3, -0.25) is 9.59 Å². The molecule has 5 rings (SSSR count). The number of hydrogen-bond donors (Lipinski definition) is 2. The van der Waals surface area contributed by atoms with Gasteiger partial charge in [-0.25, -0.2) is 0 Å². The van der Waals surface area contributed by atoms with Gasteiger partial charge in [0.2, 0.25) is 11.8 Å².